The Morgan fingerprint density at radius 1 is 0.960 bits per heavy atom. The molecule has 4 heteroatoms. The zero-order valence-electron chi connectivity index (χ0n) is 13.9. The molecule has 0 spiro atoms. The molecule has 0 saturated carbocycles. The highest BCUT2D eigenvalue weighted by atomic mass is 16.4. The van der Waals surface area contributed by atoms with Crippen LogP contribution >= 0.6 is 0 Å². The van der Waals surface area contributed by atoms with Crippen LogP contribution in [-0.4, -0.2) is 18.2 Å². The van der Waals surface area contributed by atoms with Crippen molar-refractivity contribution in [3.05, 3.63) is 77.6 Å². The fraction of sp³-hybridized carbons (Fsp3) is 0.143. The standard InChI is InChI=1S/C21H17NO3/c1-14(23)15-6-8-17(9-7-15)19-10-11-20(25-19)21(24)22-13-12-16-4-2-3-5-18(16)22/h2-11H,12-13H2,1H3. The molecule has 3 aromatic rings. The van der Waals surface area contributed by atoms with E-state index in [1.165, 1.54) is 12.5 Å². The molecule has 0 bridgehead atoms. The van der Waals surface area contributed by atoms with Gasteiger partial charge < -0.3 is 9.32 Å². The molecule has 1 amide bonds. The molecule has 0 unspecified atom stereocenters. The van der Waals surface area contributed by atoms with Crippen LogP contribution in [0.3, 0.4) is 0 Å². The number of furan rings is 1. The van der Waals surface area contributed by atoms with E-state index in [4.69, 9.17) is 4.42 Å². The molecule has 0 fully saturated rings. The number of hydrogen-bond acceptors (Lipinski definition) is 3. The van der Waals surface area contributed by atoms with Gasteiger partial charge in [-0.25, -0.2) is 0 Å². The van der Waals surface area contributed by atoms with Crippen molar-refractivity contribution in [1.82, 2.24) is 0 Å². The Bertz CT molecular complexity index is 953. The number of ketones is 1. The third-order valence-electron chi connectivity index (χ3n) is 4.53. The maximum atomic E-state index is 12.8. The SMILES string of the molecule is CC(=O)c1ccc(-c2ccc(C(=O)N3CCc4ccccc43)o2)cc1. The smallest absolute Gasteiger partial charge is 0.294 e. The fourth-order valence-electron chi connectivity index (χ4n) is 3.16. The molecule has 1 aromatic heterocycles. The van der Waals surface area contributed by atoms with Crippen molar-refractivity contribution in [3.8, 4) is 11.3 Å². The Balaban J connectivity index is 1.59. The zero-order chi connectivity index (χ0) is 17.4. The van der Waals surface area contributed by atoms with E-state index in [0.717, 1.165) is 17.7 Å². The highest BCUT2D eigenvalue weighted by Gasteiger charge is 2.27. The van der Waals surface area contributed by atoms with E-state index in [9.17, 15) is 9.59 Å². The lowest BCUT2D eigenvalue weighted by atomic mass is 10.1. The molecule has 4 nitrogen and oxygen atoms in total. The quantitative estimate of drug-likeness (QED) is 0.670. The van der Waals surface area contributed by atoms with Gasteiger partial charge in [0.2, 0.25) is 0 Å². The van der Waals surface area contributed by atoms with Crippen LogP contribution in [0.25, 0.3) is 11.3 Å². The number of carbonyl (C=O) groups is 2. The fourth-order valence-corrected chi connectivity index (χ4v) is 3.16. The van der Waals surface area contributed by atoms with E-state index in [2.05, 4.69) is 0 Å². The topological polar surface area (TPSA) is 50.5 Å². The predicted octanol–water partition coefficient (Wildman–Crippen LogP) is 4.35. The Kier molecular flexibility index (Phi) is 3.73. The van der Waals surface area contributed by atoms with Gasteiger partial charge in [-0.1, -0.05) is 42.5 Å². The molecule has 2 aromatic carbocycles. The Labute approximate surface area is 145 Å². The number of para-hydroxylation sites is 1. The average molecular weight is 331 g/mol. The third-order valence-corrected chi connectivity index (χ3v) is 4.53. The maximum absolute atomic E-state index is 12.8. The summed E-state index contributed by atoms with van der Waals surface area (Å²) < 4.78 is 5.78. The summed E-state index contributed by atoms with van der Waals surface area (Å²) in [5.74, 6) is 0.833. The van der Waals surface area contributed by atoms with Gasteiger partial charge in [0.05, 0.1) is 0 Å². The van der Waals surface area contributed by atoms with E-state index in [1.54, 1.807) is 29.2 Å². The summed E-state index contributed by atoms with van der Waals surface area (Å²) in [5, 5.41) is 0. The normalized spacial score (nSPS) is 12.9. The molecule has 0 aliphatic carbocycles. The minimum atomic E-state index is -0.128. The van der Waals surface area contributed by atoms with Crippen molar-refractivity contribution in [2.24, 2.45) is 0 Å². The Morgan fingerprint density at radius 2 is 1.72 bits per heavy atom. The minimum Gasteiger partial charge on any atom is -0.451 e. The molecule has 1 aliphatic heterocycles. The zero-order valence-corrected chi connectivity index (χ0v) is 13.9. The molecule has 124 valence electrons. The number of hydrogen-bond donors (Lipinski definition) is 0. The van der Waals surface area contributed by atoms with Gasteiger partial charge in [0.25, 0.3) is 5.91 Å². The van der Waals surface area contributed by atoms with Crippen LogP contribution < -0.4 is 4.90 Å². The molecule has 0 atom stereocenters. The van der Waals surface area contributed by atoms with Gasteiger partial charge in [0, 0.05) is 23.4 Å². The highest BCUT2D eigenvalue weighted by Crippen LogP contribution is 2.30. The second-order valence-corrected chi connectivity index (χ2v) is 6.13. The van der Waals surface area contributed by atoms with E-state index in [-0.39, 0.29) is 11.7 Å². The van der Waals surface area contributed by atoms with Gasteiger partial charge in [0.1, 0.15) is 5.76 Å². The first kappa shape index (κ1) is 15.4. The first-order valence-electron chi connectivity index (χ1n) is 8.24. The number of fused-ring (bicyclic) bond motifs is 1. The Hall–Kier alpha value is -3.14. The summed E-state index contributed by atoms with van der Waals surface area (Å²) in [6.45, 7) is 2.20. The monoisotopic (exact) mass is 331 g/mol. The number of anilines is 1. The van der Waals surface area contributed by atoms with Crippen molar-refractivity contribution in [2.75, 3.05) is 11.4 Å². The van der Waals surface area contributed by atoms with E-state index < -0.39 is 0 Å². The summed E-state index contributed by atoms with van der Waals surface area (Å²) in [4.78, 5) is 25.9. The van der Waals surface area contributed by atoms with E-state index >= 15 is 0 Å². The number of amides is 1. The largest absolute Gasteiger partial charge is 0.451 e. The summed E-state index contributed by atoms with van der Waals surface area (Å²) >= 11 is 0. The number of Topliss-reactive ketones (excluding diaryl/α,β-unsaturated/α-hetero) is 1. The van der Waals surface area contributed by atoms with Crippen molar-refractivity contribution < 1.29 is 14.0 Å². The van der Waals surface area contributed by atoms with Crippen LogP contribution in [0.15, 0.2) is 65.1 Å². The molecule has 4 rings (SSSR count). The minimum absolute atomic E-state index is 0.0227. The Morgan fingerprint density at radius 3 is 2.48 bits per heavy atom. The van der Waals surface area contributed by atoms with E-state index in [0.29, 0.717) is 23.6 Å². The van der Waals surface area contributed by atoms with Crippen molar-refractivity contribution in [2.45, 2.75) is 13.3 Å². The predicted molar refractivity (Wildman–Crippen MR) is 96.0 cm³/mol. The first-order chi connectivity index (χ1) is 12.1. The summed E-state index contributed by atoms with van der Waals surface area (Å²) in [6.07, 6.45) is 0.863. The average Bonchev–Trinajstić information content (AvgIpc) is 3.29. The lowest BCUT2D eigenvalue weighted by Gasteiger charge is -2.15. The molecular formula is C21H17NO3. The van der Waals surface area contributed by atoms with Crippen molar-refractivity contribution in [3.63, 3.8) is 0 Å². The van der Waals surface area contributed by atoms with Crippen LogP contribution in [-0.2, 0) is 6.42 Å². The summed E-state index contributed by atoms with van der Waals surface area (Å²) in [6, 6.07) is 18.6. The molecular weight excluding hydrogens is 314 g/mol. The van der Waals surface area contributed by atoms with Crippen LogP contribution in [0.1, 0.15) is 33.4 Å². The number of benzene rings is 2. The summed E-state index contributed by atoms with van der Waals surface area (Å²) in [5.41, 5.74) is 3.63. The van der Waals surface area contributed by atoms with Gasteiger partial charge in [-0.2, -0.15) is 0 Å². The number of rotatable bonds is 3. The molecule has 1 aliphatic rings. The molecule has 0 radical (unpaired) electrons. The second-order valence-electron chi connectivity index (χ2n) is 6.13. The van der Waals surface area contributed by atoms with Crippen LogP contribution in [0, 0.1) is 0 Å². The van der Waals surface area contributed by atoms with Crippen LogP contribution in [0.5, 0.6) is 0 Å². The van der Waals surface area contributed by atoms with Crippen LogP contribution in [0.4, 0.5) is 5.69 Å². The molecule has 2 heterocycles. The van der Waals surface area contributed by atoms with Gasteiger partial charge in [0.15, 0.2) is 11.5 Å². The van der Waals surface area contributed by atoms with Crippen molar-refractivity contribution in [1.29, 1.82) is 0 Å². The van der Waals surface area contributed by atoms with E-state index in [1.807, 2.05) is 36.4 Å². The molecule has 0 N–H and O–H groups in total. The van der Waals surface area contributed by atoms with Gasteiger partial charge in [-0.3, -0.25) is 9.59 Å². The highest BCUT2D eigenvalue weighted by molar-refractivity contribution is 6.05. The van der Waals surface area contributed by atoms with Gasteiger partial charge >= 0.3 is 0 Å². The number of nitrogens with zero attached hydrogens (tertiary/aromatic N) is 1. The second kappa shape index (κ2) is 6.06. The van der Waals surface area contributed by atoms with Gasteiger partial charge in [-0.05, 0) is 37.1 Å². The first-order valence-corrected chi connectivity index (χ1v) is 8.24. The number of carbonyl (C=O) groups excluding carboxylic acids is 2. The van der Waals surface area contributed by atoms with Gasteiger partial charge in [-0.15, -0.1) is 0 Å². The third kappa shape index (κ3) is 2.76. The van der Waals surface area contributed by atoms with Crippen LogP contribution in [0.2, 0.25) is 0 Å². The molecule has 0 saturated heterocycles. The van der Waals surface area contributed by atoms with Crippen molar-refractivity contribution >= 4 is 17.4 Å². The lowest BCUT2D eigenvalue weighted by molar-refractivity contribution is 0.0962. The lowest BCUT2D eigenvalue weighted by Crippen LogP contribution is -2.28. The molecule has 25 heavy (non-hydrogen) atoms. The summed E-state index contributed by atoms with van der Waals surface area (Å²) in [7, 11) is 0. The maximum Gasteiger partial charge on any atom is 0.294 e.